The van der Waals surface area contributed by atoms with Crippen LogP contribution in [0.1, 0.15) is 17.4 Å². The van der Waals surface area contributed by atoms with Gasteiger partial charge in [-0.25, -0.2) is 14.3 Å². The van der Waals surface area contributed by atoms with Crippen LogP contribution >= 0.6 is 11.3 Å². The highest BCUT2D eigenvalue weighted by molar-refractivity contribution is 7.12. The Balaban J connectivity index is 1.60. The van der Waals surface area contributed by atoms with Crippen molar-refractivity contribution in [2.24, 2.45) is 7.05 Å². The van der Waals surface area contributed by atoms with Crippen molar-refractivity contribution in [2.45, 2.75) is 6.92 Å². The largest absolute Gasteiger partial charge is 0.367 e. The van der Waals surface area contributed by atoms with Crippen LogP contribution in [0.15, 0.2) is 70.6 Å². The molecular formula is C23H26N6O2S. The van der Waals surface area contributed by atoms with E-state index in [-0.39, 0.29) is 17.3 Å². The van der Waals surface area contributed by atoms with E-state index in [0.717, 1.165) is 42.9 Å². The summed E-state index contributed by atoms with van der Waals surface area (Å²) in [7, 11) is 1.73. The van der Waals surface area contributed by atoms with Gasteiger partial charge < -0.3 is 15.5 Å². The predicted octanol–water partition coefficient (Wildman–Crippen LogP) is 2.39. The van der Waals surface area contributed by atoms with Gasteiger partial charge in [0.1, 0.15) is 5.69 Å². The number of hydrogen-bond donors (Lipinski definition) is 2. The molecule has 0 atom stereocenters. The molecule has 1 aliphatic heterocycles. The van der Waals surface area contributed by atoms with Crippen LogP contribution in [0, 0.1) is 0 Å². The van der Waals surface area contributed by atoms with Crippen LogP contribution in [-0.2, 0) is 7.05 Å². The molecule has 3 aromatic rings. The lowest BCUT2D eigenvalue weighted by Gasteiger charge is -2.32. The van der Waals surface area contributed by atoms with Crippen molar-refractivity contribution in [3.05, 3.63) is 82.0 Å². The Labute approximate surface area is 190 Å². The number of piperazine rings is 1. The van der Waals surface area contributed by atoms with E-state index in [0.29, 0.717) is 10.8 Å². The van der Waals surface area contributed by atoms with Crippen molar-refractivity contribution >= 4 is 28.3 Å². The highest BCUT2D eigenvalue weighted by Crippen LogP contribution is 2.21. The molecule has 0 bridgehead atoms. The monoisotopic (exact) mass is 450 g/mol. The zero-order valence-electron chi connectivity index (χ0n) is 18.2. The first kappa shape index (κ1) is 21.8. The highest BCUT2D eigenvalue weighted by Gasteiger charge is 2.21. The smallest absolute Gasteiger partial charge is 0.335 e. The number of nitrogens with one attached hydrogen (secondary N) is 2. The summed E-state index contributed by atoms with van der Waals surface area (Å²) in [5, 5.41) is 8.45. The fourth-order valence-corrected chi connectivity index (χ4v) is 4.61. The number of aromatic nitrogens is 3. The first-order valence-electron chi connectivity index (χ1n) is 10.4. The third kappa shape index (κ3) is 4.04. The minimum atomic E-state index is -0.320. The maximum atomic E-state index is 13.0. The molecule has 1 amide bonds. The van der Waals surface area contributed by atoms with Gasteiger partial charge in [-0.15, -0.1) is 11.3 Å². The first-order valence-corrected chi connectivity index (χ1v) is 11.3. The molecule has 0 saturated carbocycles. The third-order valence-corrected chi connectivity index (χ3v) is 6.25. The second-order valence-electron chi connectivity index (χ2n) is 7.36. The second-order valence-corrected chi connectivity index (χ2v) is 8.20. The summed E-state index contributed by atoms with van der Waals surface area (Å²) in [6, 6.07) is 7.52. The van der Waals surface area contributed by atoms with E-state index in [1.165, 1.54) is 15.9 Å². The number of rotatable bonds is 6. The summed E-state index contributed by atoms with van der Waals surface area (Å²) in [6.07, 6.45) is 5.50. The number of thiazole rings is 1. The van der Waals surface area contributed by atoms with Crippen molar-refractivity contribution in [1.29, 1.82) is 0 Å². The molecule has 166 valence electrons. The van der Waals surface area contributed by atoms with Gasteiger partial charge in [0.15, 0.2) is 5.13 Å². The number of carbonyl (C=O) groups is 1. The summed E-state index contributed by atoms with van der Waals surface area (Å²) >= 11 is 1.26. The zero-order chi connectivity index (χ0) is 22.7. The van der Waals surface area contributed by atoms with Gasteiger partial charge in [0.25, 0.3) is 5.91 Å². The molecular weight excluding hydrogens is 424 g/mol. The lowest BCUT2D eigenvalue weighted by atomic mass is 10.2. The Hall–Kier alpha value is -3.43. The summed E-state index contributed by atoms with van der Waals surface area (Å²) < 4.78 is 3.12. The number of amides is 1. The predicted molar refractivity (Wildman–Crippen MR) is 128 cm³/mol. The van der Waals surface area contributed by atoms with Gasteiger partial charge in [0, 0.05) is 38.6 Å². The number of benzene rings is 1. The Morgan fingerprint density at radius 1 is 1.25 bits per heavy atom. The number of aryl methyl sites for hydroxylation is 1. The molecule has 4 rings (SSSR count). The lowest BCUT2D eigenvalue weighted by molar-refractivity contribution is 0.0960. The molecule has 0 aliphatic carbocycles. The molecule has 8 nitrogen and oxygen atoms in total. The van der Waals surface area contributed by atoms with Crippen LogP contribution in [0.2, 0.25) is 0 Å². The molecule has 1 fully saturated rings. The number of imidazole rings is 1. The first-order chi connectivity index (χ1) is 15.5. The average molecular weight is 451 g/mol. The summed E-state index contributed by atoms with van der Waals surface area (Å²) in [6.45, 7) is 9.16. The SMILES string of the molecule is C=C/C=C(\C(=C/C)NC(=O)c1csc(-n2c(=O)n(C)c3ccccc32)n1)N1CCNCC1. The van der Waals surface area contributed by atoms with E-state index in [1.807, 2.05) is 43.3 Å². The van der Waals surface area contributed by atoms with E-state index in [9.17, 15) is 9.59 Å². The van der Waals surface area contributed by atoms with Crippen molar-refractivity contribution in [3.63, 3.8) is 0 Å². The second kappa shape index (κ2) is 9.37. The van der Waals surface area contributed by atoms with E-state index < -0.39 is 0 Å². The Morgan fingerprint density at radius 3 is 2.66 bits per heavy atom. The van der Waals surface area contributed by atoms with Gasteiger partial charge in [-0.3, -0.25) is 9.36 Å². The van der Waals surface area contributed by atoms with E-state index in [2.05, 4.69) is 27.1 Å². The zero-order valence-corrected chi connectivity index (χ0v) is 19.0. The Kier molecular flexibility index (Phi) is 6.38. The number of para-hydroxylation sites is 2. The molecule has 0 unspecified atom stereocenters. The lowest BCUT2D eigenvalue weighted by Crippen LogP contribution is -2.44. The van der Waals surface area contributed by atoms with Gasteiger partial charge in [0.2, 0.25) is 0 Å². The van der Waals surface area contributed by atoms with Crippen LogP contribution in [0.4, 0.5) is 0 Å². The van der Waals surface area contributed by atoms with Gasteiger partial charge in [-0.05, 0) is 25.1 Å². The van der Waals surface area contributed by atoms with Crippen molar-refractivity contribution < 1.29 is 4.79 Å². The summed E-state index contributed by atoms with van der Waals surface area (Å²) in [4.78, 5) is 32.5. The van der Waals surface area contributed by atoms with Crippen LogP contribution in [0.25, 0.3) is 16.2 Å². The van der Waals surface area contributed by atoms with Gasteiger partial charge in [-0.2, -0.15) is 0 Å². The van der Waals surface area contributed by atoms with Crippen LogP contribution in [0.3, 0.4) is 0 Å². The van der Waals surface area contributed by atoms with Crippen molar-refractivity contribution in [3.8, 4) is 5.13 Å². The molecule has 2 aromatic heterocycles. The van der Waals surface area contributed by atoms with E-state index in [1.54, 1.807) is 23.1 Å². The van der Waals surface area contributed by atoms with Crippen LogP contribution in [-0.4, -0.2) is 51.1 Å². The molecule has 1 saturated heterocycles. The standard InChI is InChI=1S/C23H26N6O2S/c1-4-8-18(28-13-11-24-12-14-28)16(5-2)25-21(30)17-15-32-22(26-17)29-20-10-7-6-9-19(20)27(3)23(29)31/h4-10,15,24H,1,11-14H2,2-3H3,(H,25,30)/b16-5+,18-8+. The molecule has 3 heterocycles. The highest BCUT2D eigenvalue weighted by atomic mass is 32.1. The summed E-state index contributed by atoms with van der Waals surface area (Å²) in [5.41, 5.74) is 3.25. The molecule has 1 aliphatic rings. The average Bonchev–Trinajstić information content (AvgIpc) is 3.40. The topological polar surface area (TPSA) is 84.2 Å². The minimum absolute atomic E-state index is 0.198. The number of carbonyl (C=O) groups excluding carboxylic acids is 1. The van der Waals surface area contributed by atoms with Crippen molar-refractivity contribution in [2.75, 3.05) is 26.2 Å². The van der Waals surface area contributed by atoms with Gasteiger partial charge in [0.05, 0.1) is 22.4 Å². The number of nitrogens with zero attached hydrogens (tertiary/aromatic N) is 4. The fraction of sp³-hybridized carbons (Fsp3) is 0.261. The molecule has 0 spiro atoms. The number of hydrogen-bond acceptors (Lipinski definition) is 6. The maximum absolute atomic E-state index is 13.0. The van der Waals surface area contributed by atoms with E-state index in [4.69, 9.17) is 0 Å². The molecule has 9 heteroatoms. The molecule has 1 aromatic carbocycles. The fourth-order valence-electron chi connectivity index (χ4n) is 3.80. The number of fused-ring (bicyclic) bond motifs is 1. The van der Waals surface area contributed by atoms with Crippen LogP contribution in [0.5, 0.6) is 0 Å². The molecule has 2 N–H and O–H groups in total. The van der Waals surface area contributed by atoms with Crippen LogP contribution < -0.4 is 16.3 Å². The number of allylic oxidation sites excluding steroid dienone is 3. The quantitative estimate of drug-likeness (QED) is 0.564. The minimum Gasteiger partial charge on any atom is -0.367 e. The third-order valence-electron chi connectivity index (χ3n) is 5.42. The van der Waals surface area contributed by atoms with Gasteiger partial charge in [-0.1, -0.05) is 30.9 Å². The normalized spacial score (nSPS) is 15.2. The maximum Gasteiger partial charge on any atom is 0.335 e. The van der Waals surface area contributed by atoms with E-state index >= 15 is 0 Å². The molecule has 0 radical (unpaired) electrons. The Morgan fingerprint density at radius 2 is 1.97 bits per heavy atom. The van der Waals surface area contributed by atoms with Crippen molar-refractivity contribution in [1.82, 2.24) is 29.7 Å². The molecule has 32 heavy (non-hydrogen) atoms. The van der Waals surface area contributed by atoms with Gasteiger partial charge >= 0.3 is 5.69 Å². The summed E-state index contributed by atoms with van der Waals surface area (Å²) in [5.74, 6) is -0.320. The Bertz CT molecular complexity index is 1270.